The summed E-state index contributed by atoms with van der Waals surface area (Å²) < 4.78 is 9.90. The number of aliphatic carboxylic acids is 1. The zero-order valence-electron chi connectivity index (χ0n) is 12.8. The molecule has 6 heteroatoms. The number of hydrogen-bond acceptors (Lipinski definition) is 5. The molecule has 1 unspecified atom stereocenters. The molecular weight excluding hydrogens is 376 g/mol. The Hall–Kier alpha value is -2.34. The van der Waals surface area contributed by atoms with Crippen LogP contribution in [0, 0.1) is 0 Å². The fourth-order valence-corrected chi connectivity index (χ4v) is 2.56. The van der Waals surface area contributed by atoms with Crippen LogP contribution in [0.1, 0.15) is 17.5 Å². The van der Waals surface area contributed by atoms with Crippen LogP contribution in [-0.2, 0) is 27.4 Å². The largest absolute Gasteiger partial charge is 0.550 e. The van der Waals surface area contributed by atoms with Gasteiger partial charge in [-0.05, 0) is 27.6 Å². The molecule has 126 valence electrons. The Morgan fingerprint density at radius 1 is 1.12 bits per heavy atom. The number of alkyl halides is 1. The molecule has 0 bridgehead atoms. The highest BCUT2D eigenvalue weighted by Crippen LogP contribution is 2.27. The minimum Gasteiger partial charge on any atom is -0.550 e. The van der Waals surface area contributed by atoms with Crippen molar-refractivity contribution in [1.82, 2.24) is 0 Å². The van der Waals surface area contributed by atoms with Gasteiger partial charge < -0.3 is 19.4 Å². The average Bonchev–Trinajstić information content (AvgIpc) is 2.49. The molecule has 0 aliphatic carbocycles. The molecule has 0 aromatic heterocycles. The van der Waals surface area contributed by atoms with Crippen molar-refractivity contribution in [2.45, 2.75) is 24.5 Å². The monoisotopic (exact) mass is 391 g/mol. The van der Waals surface area contributed by atoms with Crippen molar-refractivity contribution in [3.05, 3.63) is 65.7 Å². The molecule has 1 aliphatic heterocycles. The summed E-state index contributed by atoms with van der Waals surface area (Å²) in [6, 6.07) is 17.5. The molecule has 0 fully saturated rings. The van der Waals surface area contributed by atoms with Crippen LogP contribution in [0.15, 0.2) is 54.6 Å². The Morgan fingerprint density at radius 2 is 1.79 bits per heavy atom. The number of hydrogen-bond donors (Lipinski definition) is 0. The van der Waals surface area contributed by atoms with Crippen LogP contribution in [0.2, 0.25) is 0 Å². The zero-order valence-corrected chi connectivity index (χ0v) is 14.4. The molecule has 0 amide bonds. The number of carboxylic acid groups (broad SMARTS) is 1. The quantitative estimate of drug-likeness (QED) is 0.443. The maximum Gasteiger partial charge on any atom is 0.312 e. The van der Waals surface area contributed by atoms with Crippen LogP contribution in [0.4, 0.5) is 0 Å². The van der Waals surface area contributed by atoms with Crippen molar-refractivity contribution in [1.29, 1.82) is 0 Å². The molecule has 3 rings (SSSR count). The SMILES string of the molecule is O=C([O-])CC(=O)OC(Br)Cc1ccccc1.c1ccc2c(c1)CO2. The highest BCUT2D eigenvalue weighted by molar-refractivity contribution is 9.09. The lowest BCUT2D eigenvalue weighted by atomic mass is 10.1. The second-order valence-electron chi connectivity index (χ2n) is 5.03. The standard InChI is InChI=1S/C11H11BrO4.C7H6O/c12-9(16-11(15)7-10(13)14)6-8-4-2-1-3-5-8;1-2-4-7-6(3-1)5-8-7/h1-5,9H,6-7H2,(H,13,14);1-4H,5H2/p-1. The van der Waals surface area contributed by atoms with Crippen molar-refractivity contribution >= 4 is 27.9 Å². The van der Waals surface area contributed by atoms with E-state index in [2.05, 4.69) is 22.0 Å². The minimum atomic E-state index is -1.44. The van der Waals surface area contributed by atoms with E-state index in [1.54, 1.807) is 0 Å². The van der Waals surface area contributed by atoms with Crippen molar-refractivity contribution in [2.24, 2.45) is 0 Å². The number of rotatable bonds is 5. The average molecular weight is 392 g/mol. The summed E-state index contributed by atoms with van der Waals surface area (Å²) >= 11 is 3.15. The Balaban J connectivity index is 0.000000214. The first-order valence-electron chi connectivity index (χ1n) is 7.32. The van der Waals surface area contributed by atoms with Gasteiger partial charge in [0.2, 0.25) is 0 Å². The van der Waals surface area contributed by atoms with E-state index >= 15 is 0 Å². The smallest absolute Gasteiger partial charge is 0.312 e. The van der Waals surface area contributed by atoms with Gasteiger partial charge in [0.05, 0.1) is 12.4 Å². The van der Waals surface area contributed by atoms with Crippen LogP contribution in [0.5, 0.6) is 5.75 Å². The molecule has 0 spiro atoms. The van der Waals surface area contributed by atoms with E-state index < -0.39 is 23.4 Å². The van der Waals surface area contributed by atoms with Gasteiger partial charge in [-0.2, -0.15) is 0 Å². The first kappa shape index (κ1) is 18.0. The van der Waals surface area contributed by atoms with Crippen LogP contribution in [-0.4, -0.2) is 17.0 Å². The van der Waals surface area contributed by atoms with Gasteiger partial charge in [0.25, 0.3) is 0 Å². The highest BCUT2D eigenvalue weighted by atomic mass is 79.9. The summed E-state index contributed by atoms with van der Waals surface area (Å²) in [7, 11) is 0. The first-order chi connectivity index (χ1) is 11.5. The summed E-state index contributed by atoms with van der Waals surface area (Å²) in [6.45, 7) is 0.802. The van der Waals surface area contributed by atoms with E-state index in [0.29, 0.717) is 6.42 Å². The number of carbonyl (C=O) groups excluding carboxylic acids is 2. The van der Waals surface area contributed by atoms with E-state index in [9.17, 15) is 14.7 Å². The van der Waals surface area contributed by atoms with Crippen molar-refractivity contribution in [3.63, 3.8) is 0 Å². The molecule has 2 aromatic carbocycles. The summed E-state index contributed by atoms with van der Waals surface area (Å²) in [5, 5.41) is 9.60. The predicted molar refractivity (Wildman–Crippen MR) is 89.4 cm³/mol. The molecule has 5 nitrogen and oxygen atoms in total. The Kier molecular flexibility index (Phi) is 6.81. The minimum absolute atomic E-state index is 0.486. The third-order valence-corrected chi connectivity index (χ3v) is 3.65. The van der Waals surface area contributed by atoms with Crippen LogP contribution in [0.3, 0.4) is 0 Å². The Labute approximate surface area is 148 Å². The lowest BCUT2D eigenvalue weighted by Crippen LogP contribution is -2.27. The number of carboxylic acids is 1. The van der Waals surface area contributed by atoms with Crippen molar-refractivity contribution in [2.75, 3.05) is 0 Å². The molecule has 0 saturated heterocycles. The van der Waals surface area contributed by atoms with E-state index in [0.717, 1.165) is 17.9 Å². The molecule has 0 radical (unpaired) electrons. The van der Waals surface area contributed by atoms with Gasteiger partial charge >= 0.3 is 5.97 Å². The topological polar surface area (TPSA) is 75.7 Å². The van der Waals surface area contributed by atoms with Gasteiger partial charge in [0.1, 0.15) is 12.4 Å². The van der Waals surface area contributed by atoms with Gasteiger partial charge in [-0.15, -0.1) is 0 Å². The summed E-state index contributed by atoms with van der Waals surface area (Å²) in [6.07, 6.45) is -0.240. The third-order valence-electron chi connectivity index (χ3n) is 3.14. The van der Waals surface area contributed by atoms with Gasteiger partial charge in [0, 0.05) is 12.0 Å². The number of ether oxygens (including phenoxy) is 2. The van der Waals surface area contributed by atoms with Crippen LogP contribution in [0.25, 0.3) is 0 Å². The Bertz CT molecular complexity index is 664. The number of halogens is 1. The summed E-state index contributed by atoms with van der Waals surface area (Å²) in [5.41, 5.74) is 2.32. The number of fused-ring (bicyclic) bond motifs is 1. The third kappa shape index (κ3) is 6.04. The summed E-state index contributed by atoms with van der Waals surface area (Å²) in [5.74, 6) is -1.20. The molecule has 2 aromatic rings. The lowest BCUT2D eigenvalue weighted by Gasteiger charge is -2.18. The van der Waals surface area contributed by atoms with Gasteiger partial charge in [-0.1, -0.05) is 48.5 Å². The van der Waals surface area contributed by atoms with Gasteiger partial charge in [-0.3, -0.25) is 4.79 Å². The van der Waals surface area contributed by atoms with Crippen molar-refractivity contribution in [3.8, 4) is 5.75 Å². The van der Waals surface area contributed by atoms with E-state index in [1.165, 1.54) is 5.56 Å². The Morgan fingerprint density at radius 3 is 2.29 bits per heavy atom. The first-order valence-corrected chi connectivity index (χ1v) is 8.24. The maximum absolute atomic E-state index is 11.0. The fourth-order valence-electron chi connectivity index (χ4n) is 1.98. The maximum atomic E-state index is 11.0. The van der Waals surface area contributed by atoms with Crippen LogP contribution < -0.4 is 9.84 Å². The van der Waals surface area contributed by atoms with Crippen molar-refractivity contribution < 1.29 is 24.2 Å². The summed E-state index contributed by atoms with van der Waals surface area (Å²) in [4.78, 5) is 21.1. The van der Waals surface area contributed by atoms with Gasteiger partial charge in [0.15, 0.2) is 5.01 Å². The molecule has 1 aliphatic rings. The lowest BCUT2D eigenvalue weighted by molar-refractivity contribution is -0.305. The zero-order chi connectivity index (χ0) is 17.4. The number of para-hydroxylation sites is 1. The normalized spacial score (nSPS) is 12.4. The van der Waals surface area contributed by atoms with E-state index in [4.69, 9.17) is 9.47 Å². The number of benzene rings is 2. The van der Waals surface area contributed by atoms with E-state index in [-0.39, 0.29) is 0 Å². The molecular formula is C18H16BrO5-. The van der Waals surface area contributed by atoms with Gasteiger partial charge in [-0.25, -0.2) is 0 Å². The molecule has 24 heavy (non-hydrogen) atoms. The molecule has 0 N–H and O–H groups in total. The number of esters is 1. The molecule has 0 saturated carbocycles. The van der Waals surface area contributed by atoms with E-state index in [1.807, 2.05) is 48.5 Å². The van der Waals surface area contributed by atoms with Crippen LogP contribution >= 0.6 is 15.9 Å². The fraction of sp³-hybridized carbons (Fsp3) is 0.222. The molecule has 1 atom stereocenters. The highest BCUT2D eigenvalue weighted by Gasteiger charge is 2.12. The number of carbonyl (C=O) groups is 2. The second-order valence-corrected chi connectivity index (χ2v) is 6.06. The predicted octanol–water partition coefficient (Wildman–Crippen LogP) is 2.21. The second kappa shape index (κ2) is 9.08. The molecule has 1 heterocycles.